The highest BCUT2D eigenvalue weighted by atomic mass is 35.5. The zero-order valence-corrected chi connectivity index (χ0v) is 18.5. The van der Waals surface area contributed by atoms with E-state index in [1.807, 2.05) is 30.6 Å². The molecule has 2 fully saturated rings. The summed E-state index contributed by atoms with van der Waals surface area (Å²) >= 11 is 6.05. The maximum absolute atomic E-state index is 6.08. The lowest BCUT2D eigenvalue weighted by Gasteiger charge is -2.27. The fourth-order valence-corrected chi connectivity index (χ4v) is 4.94. The standard InChI is InChI=1S/C23H30ClN7/c24-15-6-10-17(11-7-15)27-21-20-22(31(14-26-20)19-4-2-1-3-5-19)30-23(29-21)28-18-12-8-16(25)9-13-18/h6-7,10-11,14,16,18-19H,1-5,8-9,12-13,25H2,(H2,27,28,29,30). The molecule has 2 aliphatic carbocycles. The molecule has 2 aromatic heterocycles. The van der Waals surface area contributed by atoms with Crippen LogP contribution in [-0.2, 0) is 0 Å². The first-order valence-electron chi connectivity index (χ1n) is 11.4. The van der Waals surface area contributed by atoms with E-state index in [9.17, 15) is 0 Å². The summed E-state index contributed by atoms with van der Waals surface area (Å²) in [6.45, 7) is 0. The third kappa shape index (κ3) is 4.62. The molecule has 0 atom stereocenters. The van der Waals surface area contributed by atoms with Crippen LogP contribution in [0.2, 0.25) is 5.02 Å². The van der Waals surface area contributed by atoms with Crippen molar-refractivity contribution in [2.24, 2.45) is 5.73 Å². The summed E-state index contributed by atoms with van der Waals surface area (Å²) in [7, 11) is 0. The molecule has 0 radical (unpaired) electrons. The Balaban J connectivity index is 1.50. The van der Waals surface area contributed by atoms with Crippen LogP contribution in [0.5, 0.6) is 0 Å². The molecule has 1 aromatic carbocycles. The van der Waals surface area contributed by atoms with Gasteiger partial charge in [-0.2, -0.15) is 9.97 Å². The molecule has 7 nitrogen and oxygen atoms in total. The van der Waals surface area contributed by atoms with Gasteiger partial charge in [-0.15, -0.1) is 0 Å². The minimum absolute atomic E-state index is 0.316. The van der Waals surface area contributed by atoms with Gasteiger partial charge in [0.15, 0.2) is 17.0 Å². The van der Waals surface area contributed by atoms with Crippen LogP contribution in [-0.4, -0.2) is 31.6 Å². The van der Waals surface area contributed by atoms with Gasteiger partial charge in [0.2, 0.25) is 5.95 Å². The Morgan fingerprint density at radius 2 is 1.68 bits per heavy atom. The second-order valence-corrected chi connectivity index (χ2v) is 9.34. The normalized spacial score (nSPS) is 22.5. The summed E-state index contributed by atoms with van der Waals surface area (Å²) in [4.78, 5) is 14.5. The number of nitrogens with zero attached hydrogens (tertiary/aromatic N) is 4. The van der Waals surface area contributed by atoms with Gasteiger partial charge < -0.3 is 20.9 Å². The number of nitrogens with two attached hydrogens (primary N) is 1. The molecule has 31 heavy (non-hydrogen) atoms. The van der Waals surface area contributed by atoms with Crippen molar-refractivity contribution < 1.29 is 0 Å². The molecule has 0 spiro atoms. The predicted octanol–water partition coefficient (Wildman–Crippen LogP) is 5.41. The fourth-order valence-electron chi connectivity index (χ4n) is 4.81. The van der Waals surface area contributed by atoms with Crippen molar-refractivity contribution in [1.29, 1.82) is 0 Å². The molecule has 8 heteroatoms. The van der Waals surface area contributed by atoms with Gasteiger partial charge in [-0.3, -0.25) is 0 Å². The van der Waals surface area contributed by atoms with Crippen molar-refractivity contribution in [3.8, 4) is 0 Å². The number of halogens is 1. The first-order valence-corrected chi connectivity index (χ1v) is 11.8. The van der Waals surface area contributed by atoms with Gasteiger partial charge in [-0.25, -0.2) is 4.98 Å². The quantitative estimate of drug-likeness (QED) is 0.492. The molecule has 2 aliphatic rings. The highest BCUT2D eigenvalue weighted by Gasteiger charge is 2.23. The zero-order valence-electron chi connectivity index (χ0n) is 17.7. The first-order chi connectivity index (χ1) is 15.2. The van der Waals surface area contributed by atoms with Crippen molar-refractivity contribution in [2.45, 2.75) is 75.9 Å². The minimum Gasteiger partial charge on any atom is -0.351 e. The van der Waals surface area contributed by atoms with Crippen LogP contribution < -0.4 is 16.4 Å². The molecule has 164 valence electrons. The Bertz CT molecular complexity index is 1020. The molecular weight excluding hydrogens is 410 g/mol. The number of imidazole rings is 1. The lowest BCUT2D eigenvalue weighted by Crippen LogP contribution is -2.33. The van der Waals surface area contributed by atoms with Gasteiger partial charge in [0.1, 0.15) is 0 Å². The summed E-state index contributed by atoms with van der Waals surface area (Å²) in [6.07, 6.45) is 12.3. The minimum atomic E-state index is 0.316. The van der Waals surface area contributed by atoms with Gasteiger partial charge >= 0.3 is 0 Å². The van der Waals surface area contributed by atoms with Crippen LogP contribution in [0.1, 0.15) is 63.8 Å². The number of fused-ring (bicyclic) bond motifs is 1. The predicted molar refractivity (Wildman–Crippen MR) is 126 cm³/mol. The van der Waals surface area contributed by atoms with Gasteiger partial charge in [0, 0.05) is 28.8 Å². The maximum Gasteiger partial charge on any atom is 0.227 e. The molecule has 0 saturated heterocycles. The number of hydrogen-bond acceptors (Lipinski definition) is 6. The molecule has 0 amide bonds. The maximum atomic E-state index is 6.08. The molecule has 5 rings (SSSR count). The average molecular weight is 440 g/mol. The van der Waals surface area contributed by atoms with E-state index in [4.69, 9.17) is 32.3 Å². The van der Waals surface area contributed by atoms with Crippen LogP contribution in [0.3, 0.4) is 0 Å². The van der Waals surface area contributed by atoms with E-state index in [0.717, 1.165) is 48.4 Å². The van der Waals surface area contributed by atoms with Gasteiger partial charge in [-0.05, 0) is 62.8 Å². The molecular formula is C23H30ClN7. The molecule has 0 unspecified atom stereocenters. The largest absolute Gasteiger partial charge is 0.351 e. The van der Waals surface area contributed by atoms with E-state index < -0.39 is 0 Å². The topological polar surface area (TPSA) is 93.7 Å². The van der Waals surface area contributed by atoms with Crippen LogP contribution in [0, 0.1) is 0 Å². The van der Waals surface area contributed by atoms with E-state index >= 15 is 0 Å². The van der Waals surface area contributed by atoms with E-state index in [-0.39, 0.29) is 0 Å². The fraction of sp³-hybridized carbons (Fsp3) is 0.522. The Kier molecular flexibility index (Phi) is 5.96. The third-order valence-corrected chi connectivity index (χ3v) is 6.85. The number of rotatable bonds is 5. The SMILES string of the molecule is NC1CCC(Nc2nc(Nc3ccc(Cl)cc3)c3ncn(C4CCCCC4)c3n2)CC1. The highest BCUT2D eigenvalue weighted by molar-refractivity contribution is 6.30. The van der Waals surface area contributed by atoms with E-state index in [1.165, 1.54) is 32.1 Å². The van der Waals surface area contributed by atoms with Gasteiger partial charge in [-0.1, -0.05) is 30.9 Å². The van der Waals surface area contributed by atoms with Crippen LogP contribution in [0.4, 0.5) is 17.5 Å². The van der Waals surface area contributed by atoms with Crippen molar-refractivity contribution in [1.82, 2.24) is 19.5 Å². The zero-order chi connectivity index (χ0) is 21.2. The lowest BCUT2D eigenvalue weighted by molar-refractivity contribution is 0.358. The second kappa shape index (κ2) is 9.01. The van der Waals surface area contributed by atoms with Crippen LogP contribution >= 0.6 is 11.6 Å². The molecule has 0 aliphatic heterocycles. The van der Waals surface area contributed by atoms with Crippen molar-refractivity contribution in [2.75, 3.05) is 10.6 Å². The van der Waals surface area contributed by atoms with Crippen LogP contribution in [0.25, 0.3) is 11.2 Å². The molecule has 4 N–H and O–H groups in total. The summed E-state index contributed by atoms with van der Waals surface area (Å²) in [5, 5.41) is 7.70. The number of hydrogen-bond donors (Lipinski definition) is 3. The smallest absolute Gasteiger partial charge is 0.227 e. The highest BCUT2D eigenvalue weighted by Crippen LogP contribution is 2.33. The lowest BCUT2D eigenvalue weighted by atomic mass is 9.92. The van der Waals surface area contributed by atoms with E-state index in [2.05, 4.69) is 15.2 Å². The Labute approximate surface area is 187 Å². The number of aromatic nitrogens is 4. The van der Waals surface area contributed by atoms with Gasteiger partial charge in [0.25, 0.3) is 0 Å². The molecule has 2 saturated carbocycles. The summed E-state index contributed by atoms with van der Waals surface area (Å²) in [6, 6.07) is 8.76. The number of nitrogens with one attached hydrogen (secondary N) is 2. The summed E-state index contributed by atoms with van der Waals surface area (Å²) in [5.41, 5.74) is 8.71. The summed E-state index contributed by atoms with van der Waals surface area (Å²) < 4.78 is 2.26. The average Bonchev–Trinajstić information content (AvgIpc) is 3.22. The number of benzene rings is 1. The van der Waals surface area contributed by atoms with E-state index in [1.54, 1.807) is 0 Å². The van der Waals surface area contributed by atoms with Crippen molar-refractivity contribution >= 4 is 40.2 Å². The van der Waals surface area contributed by atoms with Crippen molar-refractivity contribution in [3.05, 3.63) is 35.6 Å². The van der Waals surface area contributed by atoms with Crippen LogP contribution in [0.15, 0.2) is 30.6 Å². The Morgan fingerprint density at radius 1 is 0.935 bits per heavy atom. The third-order valence-electron chi connectivity index (χ3n) is 6.60. The molecule has 0 bridgehead atoms. The Morgan fingerprint density at radius 3 is 2.42 bits per heavy atom. The monoisotopic (exact) mass is 439 g/mol. The number of anilines is 3. The summed E-state index contributed by atoms with van der Waals surface area (Å²) in [5.74, 6) is 1.37. The second-order valence-electron chi connectivity index (χ2n) is 8.90. The molecule has 3 aromatic rings. The first kappa shape index (κ1) is 20.5. The molecule has 2 heterocycles. The van der Waals surface area contributed by atoms with Gasteiger partial charge in [0.05, 0.1) is 6.33 Å². The van der Waals surface area contributed by atoms with E-state index in [0.29, 0.717) is 29.1 Å². The Hall–Kier alpha value is -2.38. The van der Waals surface area contributed by atoms with Crippen molar-refractivity contribution in [3.63, 3.8) is 0 Å².